The van der Waals surface area contributed by atoms with E-state index < -0.39 is 23.3 Å². The molecule has 0 aliphatic carbocycles. The molecule has 2 amide bonds. The number of carbonyl (C=O) groups is 2. The predicted octanol–water partition coefficient (Wildman–Crippen LogP) is 5.07. The summed E-state index contributed by atoms with van der Waals surface area (Å²) in [7, 11) is 0. The van der Waals surface area contributed by atoms with Gasteiger partial charge in [0.05, 0.1) is 0 Å². The molecule has 6 heteroatoms. The zero-order chi connectivity index (χ0) is 25.4. The van der Waals surface area contributed by atoms with Crippen molar-refractivity contribution < 1.29 is 18.7 Å². The fraction of sp³-hybridized carbons (Fsp3) is 0.310. The van der Waals surface area contributed by atoms with Crippen LogP contribution in [0, 0.1) is 12.7 Å². The molecule has 0 saturated carbocycles. The molecule has 184 valence electrons. The van der Waals surface area contributed by atoms with Gasteiger partial charge in [0.1, 0.15) is 6.04 Å². The number of aryl methyl sites for hydroxylation is 1. The maximum absolute atomic E-state index is 14.1. The number of hydrogen-bond donors (Lipinski definition) is 1. The summed E-state index contributed by atoms with van der Waals surface area (Å²) in [6.07, 6.45) is 0.333. The smallest absolute Gasteiger partial charge is 0.261 e. The van der Waals surface area contributed by atoms with E-state index in [0.29, 0.717) is 6.42 Å². The quantitative estimate of drug-likeness (QED) is 0.469. The molecule has 0 aromatic heterocycles. The second-order valence-corrected chi connectivity index (χ2v) is 9.67. The molecule has 5 nitrogen and oxygen atoms in total. The Balaban J connectivity index is 1.93. The molecule has 0 aliphatic heterocycles. The number of rotatable bonds is 9. The van der Waals surface area contributed by atoms with Crippen molar-refractivity contribution >= 4 is 11.8 Å². The number of carbonyl (C=O) groups excluding carboxylic acids is 2. The highest BCUT2D eigenvalue weighted by molar-refractivity contribution is 5.89. The maximum atomic E-state index is 14.1. The van der Waals surface area contributed by atoms with E-state index in [4.69, 9.17) is 4.74 Å². The van der Waals surface area contributed by atoms with Gasteiger partial charge in [-0.3, -0.25) is 9.59 Å². The van der Waals surface area contributed by atoms with E-state index in [9.17, 15) is 14.0 Å². The highest BCUT2D eigenvalue weighted by Gasteiger charge is 2.32. The first-order valence-electron chi connectivity index (χ1n) is 11.7. The van der Waals surface area contributed by atoms with E-state index in [-0.39, 0.29) is 24.8 Å². The summed E-state index contributed by atoms with van der Waals surface area (Å²) in [5.41, 5.74) is 2.43. The van der Waals surface area contributed by atoms with Crippen molar-refractivity contribution in [2.75, 3.05) is 6.61 Å². The lowest BCUT2D eigenvalue weighted by Crippen LogP contribution is -2.55. The minimum absolute atomic E-state index is 0.00473. The predicted molar refractivity (Wildman–Crippen MR) is 135 cm³/mol. The van der Waals surface area contributed by atoms with Gasteiger partial charge in [-0.2, -0.15) is 0 Å². The van der Waals surface area contributed by atoms with E-state index in [0.717, 1.165) is 16.7 Å². The molecule has 1 N–H and O–H groups in total. The van der Waals surface area contributed by atoms with Gasteiger partial charge in [0.15, 0.2) is 18.2 Å². The van der Waals surface area contributed by atoms with E-state index in [1.54, 1.807) is 12.1 Å². The number of nitrogens with zero attached hydrogens (tertiary/aromatic N) is 1. The number of para-hydroxylation sites is 1. The molecule has 0 saturated heterocycles. The van der Waals surface area contributed by atoms with Crippen molar-refractivity contribution in [3.63, 3.8) is 0 Å². The van der Waals surface area contributed by atoms with Crippen molar-refractivity contribution in [1.82, 2.24) is 10.2 Å². The van der Waals surface area contributed by atoms with Gasteiger partial charge >= 0.3 is 0 Å². The Morgan fingerprint density at radius 1 is 0.914 bits per heavy atom. The Hall–Kier alpha value is -3.67. The van der Waals surface area contributed by atoms with Crippen molar-refractivity contribution in [2.45, 2.75) is 52.2 Å². The minimum atomic E-state index is -0.783. The molecule has 0 aliphatic rings. The lowest BCUT2D eigenvalue weighted by molar-refractivity contribution is -0.143. The average Bonchev–Trinajstić information content (AvgIpc) is 2.81. The summed E-state index contributed by atoms with van der Waals surface area (Å²) in [5.74, 6) is -1.21. The van der Waals surface area contributed by atoms with Gasteiger partial charge in [0, 0.05) is 18.5 Å². The highest BCUT2D eigenvalue weighted by Crippen LogP contribution is 2.19. The Bertz CT molecular complexity index is 1120. The highest BCUT2D eigenvalue weighted by atomic mass is 19.1. The molecule has 0 fully saturated rings. The van der Waals surface area contributed by atoms with Crippen LogP contribution in [0.2, 0.25) is 0 Å². The molecule has 0 radical (unpaired) electrons. The lowest BCUT2D eigenvalue weighted by Gasteiger charge is -2.33. The molecule has 3 aromatic carbocycles. The summed E-state index contributed by atoms with van der Waals surface area (Å²) in [6, 6.07) is 22.6. The summed E-state index contributed by atoms with van der Waals surface area (Å²) >= 11 is 0. The first-order valence-corrected chi connectivity index (χ1v) is 11.7. The molecule has 0 heterocycles. The topological polar surface area (TPSA) is 58.6 Å². The van der Waals surface area contributed by atoms with Crippen LogP contribution in [-0.2, 0) is 22.6 Å². The number of benzene rings is 3. The van der Waals surface area contributed by atoms with E-state index in [2.05, 4.69) is 5.32 Å². The van der Waals surface area contributed by atoms with Crippen LogP contribution < -0.4 is 10.1 Å². The van der Waals surface area contributed by atoms with Gasteiger partial charge in [0.2, 0.25) is 5.91 Å². The monoisotopic (exact) mass is 476 g/mol. The van der Waals surface area contributed by atoms with Crippen LogP contribution in [0.5, 0.6) is 5.75 Å². The van der Waals surface area contributed by atoms with Crippen molar-refractivity contribution in [1.29, 1.82) is 0 Å². The zero-order valence-corrected chi connectivity index (χ0v) is 20.8. The van der Waals surface area contributed by atoms with Gasteiger partial charge in [-0.15, -0.1) is 0 Å². The average molecular weight is 477 g/mol. The maximum Gasteiger partial charge on any atom is 0.261 e. The molecule has 3 aromatic rings. The summed E-state index contributed by atoms with van der Waals surface area (Å²) < 4.78 is 19.6. The number of amides is 2. The van der Waals surface area contributed by atoms with E-state index >= 15 is 0 Å². The Kier molecular flexibility index (Phi) is 8.63. The van der Waals surface area contributed by atoms with Gasteiger partial charge in [0.25, 0.3) is 5.91 Å². The van der Waals surface area contributed by atoms with E-state index in [1.807, 2.05) is 82.3 Å². The van der Waals surface area contributed by atoms with Crippen molar-refractivity contribution in [3.8, 4) is 5.75 Å². The van der Waals surface area contributed by atoms with Crippen LogP contribution in [0.4, 0.5) is 4.39 Å². The minimum Gasteiger partial charge on any atom is -0.481 e. The Labute approximate surface area is 206 Å². The van der Waals surface area contributed by atoms with Crippen LogP contribution in [0.15, 0.2) is 78.9 Å². The standard InChI is InChI=1S/C29H33FN2O3/c1-21-14-16-23(17-15-21)19-32(27(33)20-35-26-13-9-8-12-24(26)30)25(28(34)31-29(2,3)4)18-22-10-6-5-7-11-22/h5-17,25H,18-20H2,1-4H3,(H,31,34). The molecule has 1 atom stereocenters. The first-order chi connectivity index (χ1) is 16.6. The third-order valence-corrected chi connectivity index (χ3v) is 5.43. The molecule has 0 bridgehead atoms. The number of ether oxygens (including phenoxy) is 1. The molecule has 3 rings (SSSR count). The van der Waals surface area contributed by atoms with Crippen LogP contribution in [0.25, 0.3) is 0 Å². The molecular formula is C29H33FN2O3. The van der Waals surface area contributed by atoms with Crippen molar-refractivity contribution in [3.05, 3.63) is 101 Å². The Morgan fingerprint density at radius 3 is 2.17 bits per heavy atom. The number of hydrogen-bond acceptors (Lipinski definition) is 3. The van der Waals surface area contributed by atoms with Crippen LogP contribution >= 0.6 is 0 Å². The summed E-state index contributed by atoms with van der Waals surface area (Å²) in [4.78, 5) is 28.5. The summed E-state index contributed by atoms with van der Waals surface area (Å²) in [5, 5.41) is 3.02. The molecule has 35 heavy (non-hydrogen) atoms. The van der Waals surface area contributed by atoms with Gasteiger partial charge in [-0.25, -0.2) is 4.39 Å². The largest absolute Gasteiger partial charge is 0.481 e. The fourth-order valence-corrected chi connectivity index (χ4v) is 3.68. The number of halogens is 1. The lowest BCUT2D eigenvalue weighted by atomic mass is 10.0. The molecule has 1 unspecified atom stereocenters. The third-order valence-electron chi connectivity index (χ3n) is 5.43. The molecule has 0 spiro atoms. The van der Waals surface area contributed by atoms with Crippen molar-refractivity contribution in [2.24, 2.45) is 0 Å². The first kappa shape index (κ1) is 25.9. The zero-order valence-electron chi connectivity index (χ0n) is 20.8. The normalized spacial score (nSPS) is 12.0. The Morgan fingerprint density at radius 2 is 1.54 bits per heavy atom. The SMILES string of the molecule is Cc1ccc(CN(C(=O)COc2ccccc2F)C(Cc2ccccc2)C(=O)NC(C)(C)C)cc1. The van der Waals surface area contributed by atoms with Crippen LogP contribution in [-0.4, -0.2) is 34.9 Å². The fourth-order valence-electron chi connectivity index (χ4n) is 3.68. The van der Waals surface area contributed by atoms with Crippen LogP contribution in [0.3, 0.4) is 0 Å². The van der Waals surface area contributed by atoms with Gasteiger partial charge in [-0.05, 0) is 51.0 Å². The van der Waals surface area contributed by atoms with E-state index in [1.165, 1.54) is 17.0 Å². The molecular weight excluding hydrogens is 443 g/mol. The number of nitrogens with one attached hydrogen (secondary N) is 1. The second kappa shape index (κ2) is 11.6. The summed E-state index contributed by atoms with van der Waals surface area (Å²) in [6.45, 7) is 7.52. The van der Waals surface area contributed by atoms with Gasteiger partial charge < -0.3 is 15.0 Å². The second-order valence-electron chi connectivity index (χ2n) is 9.67. The van der Waals surface area contributed by atoms with Gasteiger partial charge in [-0.1, -0.05) is 72.3 Å². The third kappa shape index (κ3) is 7.95. The van der Waals surface area contributed by atoms with Crippen LogP contribution in [0.1, 0.15) is 37.5 Å².